The minimum atomic E-state index is -0.652. The van der Waals surface area contributed by atoms with E-state index in [1.165, 1.54) is 0 Å². The van der Waals surface area contributed by atoms with Gasteiger partial charge in [-0.3, -0.25) is 4.79 Å². The third kappa shape index (κ3) is 3.26. The molecule has 7 atom stereocenters. The first-order valence-electron chi connectivity index (χ1n) is 15.0. The third-order valence-electron chi connectivity index (χ3n) is 12.9. The van der Waals surface area contributed by atoms with Gasteiger partial charge in [0.25, 0.3) is 0 Å². The Morgan fingerprint density at radius 3 is 2.40 bits per heavy atom. The molecule has 5 aliphatic carbocycles. The molecule has 0 radical (unpaired) electrons. The van der Waals surface area contributed by atoms with Crippen LogP contribution in [0.4, 0.5) is 0 Å². The van der Waals surface area contributed by atoms with Crippen LogP contribution >= 0.6 is 0 Å². The molecule has 1 heterocycles. The van der Waals surface area contributed by atoms with E-state index >= 15 is 0 Å². The van der Waals surface area contributed by atoms with Gasteiger partial charge in [0.15, 0.2) is 17.4 Å². The van der Waals surface area contributed by atoms with Crippen molar-refractivity contribution < 1.29 is 14.1 Å². The molecular weight excluding hydrogens is 500 g/mol. The number of carbonyl (C=O) groups excluding carboxylic acids is 2. The molecule has 1 aromatic heterocycles. The lowest BCUT2D eigenvalue weighted by Gasteiger charge is -2.69. The van der Waals surface area contributed by atoms with Crippen molar-refractivity contribution in [3.63, 3.8) is 0 Å². The van der Waals surface area contributed by atoms with Gasteiger partial charge < -0.3 is 15.1 Å². The van der Waals surface area contributed by atoms with Gasteiger partial charge in [-0.25, -0.2) is 4.85 Å². The van der Waals surface area contributed by atoms with Gasteiger partial charge in [-0.05, 0) is 79.1 Å². The van der Waals surface area contributed by atoms with Crippen LogP contribution in [0.5, 0.6) is 0 Å². The van der Waals surface area contributed by atoms with Crippen molar-refractivity contribution in [1.29, 1.82) is 0 Å². The number of nitrogens with two attached hydrogens (primary N) is 1. The molecule has 214 valence electrons. The second kappa shape index (κ2) is 8.25. The zero-order valence-electron chi connectivity index (χ0n) is 25.2. The van der Waals surface area contributed by atoms with Gasteiger partial charge in [-0.2, -0.15) is 4.98 Å². The van der Waals surface area contributed by atoms with Crippen LogP contribution in [-0.4, -0.2) is 21.7 Å². The fourth-order valence-corrected chi connectivity index (χ4v) is 10.5. The van der Waals surface area contributed by atoms with Crippen LogP contribution in [0, 0.1) is 51.4 Å². The van der Waals surface area contributed by atoms with E-state index in [4.69, 9.17) is 21.8 Å². The summed E-state index contributed by atoms with van der Waals surface area (Å²) < 4.78 is 5.54. The van der Waals surface area contributed by atoms with E-state index in [1.54, 1.807) is 0 Å². The summed E-state index contributed by atoms with van der Waals surface area (Å²) in [5.41, 5.74) is 5.36. The zero-order chi connectivity index (χ0) is 29.1. The summed E-state index contributed by atoms with van der Waals surface area (Å²) in [4.78, 5) is 36.3. The summed E-state index contributed by atoms with van der Waals surface area (Å²) in [6.07, 6.45) is 10.4. The first kappa shape index (κ1) is 27.6. The molecule has 3 saturated carbocycles. The molecule has 0 unspecified atom stereocenters. The minimum Gasteiger partial charge on any atom is -0.338 e. The maximum absolute atomic E-state index is 14.6. The highest BCUT2D eigenvalue weighted by molar-refractivity contribution is 6.03. The minimum absolute atomic E-state index is 0.0515. The van der Waals surface area contributed by atoms with Crippen molar-refractivity contribution in [2.45, 2.75) is 105 Å². The van der Waals surface area contributed by atoms with Crippen LogP contribution in [0.3, 0.4) is 0 Å². The number of Topliss-reactive ketones (excluding diaryl/α,β-unsaturated/α-hetero) is 1. The van der Waals surface area contributed by atoms with Crippen molar-refractivity contribution in [2.75, 3.05) is 0 Å². The van der Waals surface area contributed by atoms with Crippen molar-refractivity contribution in [1.82, 2.24) is 10.1 Å². The average molecular weight is 545 g/mol. The van der Waals surface area contributed by atoms with Gasteiger partial charge in [0.1, 0.15) is 0 Å². The number of nitrogens with zero attached hydrogens (tertiary/aromatic N) is 3. The van der Waals surface area contributed by atoms with Crippen molar-refractivity contribution >= 4 is 11.6 Å². The molecule has 6 rings (SSSR count). The summed E-state index contributed by atoms with van der Waals surface area (Å²) in [5, 5.41) is 4.46. The summed E-state index contributed by atoms with van der Waals surface area (Å²) in [6, 6.07) is 0. The number of hydrogen-bond acceptors (Lipinski definition) is 6. The number of carbonyl (C=O) groups is 2. The van der Waals surface area contributed by atoms with E-state index in [2.05, 4.69) is 44.6 Å². The SMILES string of the molecule is [C-]#[N+]C1=C[C@]2(C)C3=CC(=O)[C@@H]4[C@@H]5CC(C)(C)CC[C@]5(c5noc(CN)n5)CC[C@@]4(C)[C@]3(C)CC[C@H]2C(C)(C)C1=O. The van der Waals surface area contributed by atoms with Crippen LogP contribution in [0.1, 0.15) is 105 Å². The highest BCUT2D eigenvalue weighted by Crippen LogP contribution is 2.74. The van der Waals surface area contributed by atoms with Crippen LogP contribution in [-0.2, 0) is 21.5 Å². The molecule has 2 N–H and O–H groups in total. The fourth-order valence-electron chi connectivity index (χ4n) is 10.5. The molecule has 40 heavy (non-hydrogen) atoms. The second-order valence-electron chi connectivity index (χ2n) is 15.6. The Kier molecular flexibility index (Phi) is 5.68. The van der Waals surface area contributed by atoms with Crippen molar-refractivity contribution in [3.05, 3.63) is 46.6 Å². The number of ketones is 2. The third-order valence-corrected chi connectivity index (χ3v) is 12.9. The molecule has 0 aromatic carbocycles. The standard InChI is InChI=1S/C33H44N4O3/c1-28(2)11-13-33(27-36-24(18-34)40-37-27)14-12-32(7)25(19(33)16-28)21(38)15-23-30(5)17-20(35-8)26(39)29(3,4)22(30)9-10-31(23,32)6/h15,17,19,22,25H,9-14,16,18,34H2,1-7H3/t19-,22-,25-,30-,31+,32+,33-/m0/s1. The highest BCUT2D eigenvalue weighted by atomic mass is 16.5. The lowest BCUT2D eigenvalue weighted by atomic mass is 9.34. The molecule has 1 aromatic rings. The Bertz CT molecular complexity index is 1410. The lowest BCUT2D eigenvalue weighted by molar-refractivity contribution is -0.160. The summed E-state index contributed by atoms with van der Waals surface area (Å²) >= 11 is 0. The first-order valence-corrected chi connectivity index (χ1v) is 15.0. The van der Waals surface area contributed by atoms with Crippen LogP contribution in [0.25, 0.3) is 4.85 Å². The molecule has 0 amide bonds. The average Bonchev–Trinajstić information content (AvgIpc) is 3.37. The Morgan fingerprint density at radius 2 is 1.75 bits per heavy atom. The summed E-state index contributed by atoms with van der Waals surface area (Å²) in [5.74, 6) is 1.31. The summed E-state index contributed by atoms with van der Waals surface area (Å²) in [7, 11) is 0. The number of allylic oxidation sites excluding steroid dienone is 4. The fraction of sp³-hybridized carbons (Fsp3) is 0.727. The normalized spacial score (nSPS) is 43.3. The second-order valence-corrected chi connectivity index (χ2v) is 15.6. The molecule has 7 nitrogen and oxygen atoms in total. The molecule has 0 saturated heterocycles. The largest absolute Gasteiger partial charge is 0.338 e. The Morgan fingerprint density at radius 1 is 1.05 bits per heavy atom. The number of hydrogen-bond donors (Lipinski definition) is 1. The molecule has 0 spiro atoms. The zero-order valence-corrected chi connectivity index (χ0v) is 25.2. The van der Waals surface area contributed by atoms with E-state index in [-0.39, 0.29) is 63.2 Å². The Hall–Kier alpha value is -2.59. The Balaban J connectivity index is 1.53. The van der Waals surface area contributed by atoms with Crippen LogP contribution in [0.2, 0.25) is 0 Å². The smallest absolute Gasteiger partial charge is 0.240 e. The number of aromatic nitrogens is 2. The molecule has 7 heteroatoms. The number of rotatable bonds is 2. The quantitative estimate of drug-likeness (QED) is 0.435. The first-order chi connectivity index (χ1) is 18.6. The molecule has 0 bridgehead atoms. The van der Waals surface area contributed by atoms with Gasteiger partial charge in [0.05, 0.1) is 13.1 Å². The monoisotopic (exact) mass is 544 g/mol. The molecule has 0 aliphatic heterocycles. The van der Waals surface area contributed by atoms with Gasteiger partial charge >= 0.3 is 0 Å². The van der Waals surface area contributed by atoms with Crippen molar-refractivity contribution in [2.24, 2.45) is 50.6 Å². The van der Waals surface area contributed by atoms with E-state index in [0.717, 1.165) is 56.3 Å². The van der Waals surface area contributed by atoms with Crippen molar-refractivity contribution in [3.8, 4) is 0 Å². The van der Waals surface area contributed by atoms with E-state index < -0.39 is 10.8 Å². The van der Waals surface area contributed by atoms with Crippen LogP contribution < -0.4 is 5.73 Å². The van der Waals surface area contributed by atoms with Gasteiger partial charge in [0, 0.05) is 22.2 Å². The maximum atomic E-state index is 14.6. The molecule has 5 aliphatic rings. The highest BCUT2D eigenvalue weighted by Gasteiger charge is 2.70. The summed E-state index contributed by atoms with van der Waals surface area (Å²) in [6.45, 7) is 23.5. The van der Waals surface area contributed by atoms with E-state index in [1.807, 2.05) is 26.0 Å². The topological polar surface area (TPSA) is 103 Å². The van der Waals surface area contributed by atoms with E-state index in [9.17, 15) is 9.59 Å². The van der Waals surface area contributed by atoms with Gasteiger partial charge in [0.2, 0.25) is 11.6 Å². The van der Waals surface area contributed by atoms with E-state index in [0.29, 0.717) is 5.89 Å². The number of fused-ring (bicyclic) bond motifs is 7. The Labute approximate surface area is 238 Å². The molecule has 3 fully saturated rings. The lowest BCUT2D eigenvalue weighted by Crippen LogP contribution is -2.65. The predicted octanol–water partition coefficient (Wildman–Crippen LogP) is 6.35. The maximum Gasteiger partial charge on any atom is 0.240 e. The van der Waals surface area contributed by atoms with Gasteiger partial charge in [-0.15, -0.1) is 0 Å². The van der Waals surface area contributed by atoms with Gasteiger partial charge in [-0.1, -0.05) is 65.3 Å². The molecular formula is C33H44N4O3. The van der Waals surface area contributed by atoms with Crippen LogP contribution in [0.15, 0.2) is 27.9 Å². The predicted molar refractivity (Wildman–Crippen MR) is 151 cm³/mol.